The second-order valence-electron chi connectivity index (χ2n) is 4.73. The van der Waals surface area contributed by atoms with Crippen LogP contribution in [0.4, 0.5) is 4.79 Å². The zero-order chi connectivity index (χ0) is 11.0. The lowest BCUT2D eigenvalue weighted by Gasteiger charge is -2.32. The number of nitrogens with zero attached hydrogens (tertiary/aromatic N) is 1. The van der Waals surface area contributed by atoms with Crippen LogP contribution >= 0.6 is 0 Å². The molecule has 5 heteroatoms. The van der Waals surface area contributed by atoms with E-state index < -0.39 is 17.5 Å². The molecule has 0 aromatic carbocycles. The third-order valence-corrected chi connectivity index (χ3v) is 2.08. The summed E-state index contributed by atoms with van der Waals surface area (Å²) in [6, 6.07) is 0. The summed E-state index contributed by atoms with van der Waals surface area (Å²) >= 11 is 0. The molecule has 1 aliphatic rings. The SMILES string of the molecule is CC(C)(C)OC(=O)N1CCCC1(N)N. The van der Waals surface area contributed by atoms with Gasteiger partial charge in [0.15, 0.2) is 0 Å². The molecule has 0 aromatic rings. The summed E-state index contributed by atoms with van der Waals surface area (Å²) in [5.74, 6) is -1.04. The molecule has 0 bridgehead atoms. The molecule has 1 rings (SSSR count). The number of carbonyl (C=O) groups excluding carboxylic acids is 1. The number of ether oxygens (including phenoxy) is 1. The van der Waals surface area contributed by atoms with Crippen molar-refractivity contribution < 1.29 is 9.53 Å². The molecule has 0 radical (unpaired) electrons. The molecule has 0 atom stereocenters. The van der Waals surface area contributed by atoms with E-state index >= 15 is 0 Å². The van der Waals surface area contributed by atoms with Crippen molar-refractivity contribution >= 4 is 6.09 Å². The first-order chi connectivity index (χ1) is 6.22. The molecule has 0 saturated carbocycles. The summed E-state index contributed by atoms with van der Waals surface area (Å²) in [5, 5.41) is 0. The highest BCUT2D eigenvalue weighted by Crippen LogP contribution is 2.22. The second kappa shape index (κ2) is 3.40. The highest BCUT2D eigenvalue weighted by molar-refractivity contribution is 5.69. The Morgan fingerprint density at radius 1 is 1.43 bits per heavy atom. The quantitative estimate of drug-likeness (QED) is 0.562. The predicted octanol–water partition coefficient (Wildman–Crippen LogP) is 0.589. The second-order valence-corrected chi connectivity index (χ2v) is 4.73. The zero-order valence-electron chi connectivity index (χ0n) is 9.04. The minimum absolute atomic E-state index is 0.431. The average molecular weight is 201 g/mol. The standard InChI is InChI=1S/C9H19N3O2/c1-8(2,3)14-7(13)12-6-4-5-9(12,10)11/h4-6,10-11H2,1-3H3. The van der Waals surface area contributed by atoms with Gasteiger partial charge in [0.25, 0.3) is 0 Å². The van der Waals surface area contributed by atoms with Crippen molar-refractivity contribution in [1.82, 2.24) is 4.90 Å². The van der Waals surface area contributed by atoms with Crippen LogP contribution < -0.4 is 11.5 Å². The molecule has 4 N–H and O–H groups in total. The number of likely N-dealkylation sites (tertiary alicyclic amines) is 1. The maximum Gasteiger partial charge on any atom is 0.412 e. The molecule has 14 heavy (non-hydrogen) atoms. The first-order valence-corrected chi connectivity index (χ1v) is 4.81. The molecule has 1 amide bonds. The van der Waals surface area contributed by atoms with E-state index in [9.17, 15) is 4.79 Å². The molecular weight excluding hydrogens is 182 g/mol. The lowest BCUT2D eigenvalue weighted by molar-refractivity contribution is 0.00979. The Bertz CT molecular complexity index is 233. The third-order valence-electron chi connectivity index (χ3n) is 2.08. The Kier molecular flexibility index (Phi) is 2.74. The van der Waals surface area contributed by atoms with Gasteiger partial charge in [-0.05, 0) is 33.6 Å². The third kappa shape index (κ3) is 2.59. The van der Waals surface area contributed by atoms with Crippen LogP contribution in [0.2, 0.25) is 0 Å². The zero-order valence-corrected chi connectivity index (χ0v) is 9.04. The van der Waals surface area contributed by atoms with Crippen LogP contribution in [0.3, 0.4) is 0 Å². The van der Waals surface area contributed by atoms with Crippen molar-refractivity contribution in [1.29, 1.82) is 0 Å². The number of carbonyl (C=O) groups is 1. The molecule has 1 heterocycles. The van der Waals surface area contributed by atoms with Gasteiger partial charge in [0.1, 0.15) is 11.4 Å². The van der Waals surface area contributed by atoms with E-state index in [-0.39, 0.29) is 0 Å². The fraction of sp³-hybridized carbons (Fsp3) is 0.889. The highest BCUT2D eigenvalue weighted by atomic mass is 16.6. The maximum absolute atomic E-state index is 11.6. The Balaban J connectivity index is 2.62. The minimum Gasteiger partial charge on any atom is -0.444 e. The number of nitrogens with two attached hydrogens (primary N) is 2. The summed E-state index contributed by atoms with van der Waals surface area (Å²) in [4.78, 5) is 13.0. The molecule has 0 aromatic heterocycles. The number of rotatable bonds is 0. The molecule has 0 unspecified atom stereocenters. The molecule has 82 valence electrons. The summed E-state index contributed by atoms with van der Waals surface area (Å²) < 4.78 is 5.18. The topological polar surface area (TPSA) is 81.6 Å². The summed E-state index contributed by atoms with van der Waals surface area (Å²) in [5.41, 5.74) is 11.0. The molecule has 0 spiro atoms. The van der Waals surface area contributed by atoms with Gasteiger partial charge in [-0.25, -0.2) is 4.79 Å². The lowest BCUT2D eigenvalue weighted by atomic mass is 10.2. The normalized spacial score (nSPS) is 21.1. The van der Waals surface area contributed by atoms with E-state index in [1.54, 1.807) is 0 Å². The monoisotopic (exact) mass is 201 g/mol. The summed E-state index contributed by atoms with van der Waals surface area (Å²) in [6.45, 7) is 6.02. The van der Waals surface area contributed by atoms with Gasteiger partial charge < -0.3 is 4.74 Å². The van der Waals surface area contributed by atoms with Crippen LogP contribution in [-0.2, 0) is 4.74 Å². The van der Waals surface area contributed by atoms with E-state index in [0.717, 1.165) is 6.42 Å². The van der Waals surface area contributed by atoms with Crippen molar-refractivity contribution in [3.63, 3.8) is 0 Å². The first-order valence-electron chi connectivity index (χ1n) is 4.81. The van der Waals surface area contributed by atoms with Crippen molar-refractivity contribution in [2.75, 3.05) is 6.54 Å². The maximum atomic E-state index is 11.6. The Morgan fingerprint density at radius 3 is 2.36 bits per heavy atom. The number of amides is 1. The average Bonchev–Trinajstić information content (AvgIpc) is 2.25. The molecule has 5 nitrogen and oxygen atoms in total. The Hall–Kier alpha value is -0.810. The van der Waals surface area contributed by atoms with Gasteiger partial charge in [0, 0.05) is 6.54 Å². The Morgan fingerprint density at radius 2 is 2.00 bits per heavy atom. The predicted molar refractivity (Wildman–Crippen MR) is 53.3 cm³/mol. The summed E-state index contributed by atoms with van der Waals surface area (Å²) in [6.07, 6.45) is 1.01. The van der Waals surface area contributed by atoms with Crippen LogP contribution in [0.15, 0.2) is 0 Å². The largest absolute Gasteiger partial charge is 0.444 e. The van der Waals surface area contributed by atoms with Crippen LogP contribution in [-0.4, -0.2) is 28.9 Å². The molecule has 1 saturated heterocycles. The van der Waals surface area contributed by atoms with E-state index in [1.165, 1.54) is 4.90 Å². The van der Waals surface area contributed by atoms with Crippen LogP contribution in [0, 0.1) is 0 Å². The number of hydrogen-bond donors (Lipinski definition) is 2. The minimum atomic E-state index is -1.04. The van der Waals surface area contributed by atoms with Crippen molar-refractivity contribution in [2.45, 2.75) is 45.0 Å². The van der Waals surface area contributed by atoms with Crippen molar-refractivity contribution in [3.05, 3.63) is 0 Å². The first kappa shape index (κ1) is 11.3. The van der Waals surface area contributed by atoms with Gasteiger partial charge in [-0.3, -0.25) is 16.4 Å². The molecule has 0 aliphatic carbocycles. The van der Waals surface area contributed by atoms with Crippen molar-refractivity contribution in [3.8, 4) is 0 Å². The smallest absolute Gasteiger partial charge is 0.412 e. The van der Waals surface area contributed by atoms with Gasteiger partial charge in [-0.15, -0.1) is 0 Å². The van der Waals surface area contributed by atoms with Gasteiger partial charge in [0.2, 0.25) is 0 Å². The lowest BCUT2D eigenvalue weighted by Crippen LogP contribution is -2.61. The van der Waals surface area contributed by atoms with Crippen LogP contribution in [0.25, 0.3) is 0 Å². The molecule has 1 aliphatic heterocycles. The summed E-state index contributed by atoms with van der Waals surface area (Å²) in [7, 11) is 0. The van der Waals surface area contributed by atoms with E-state index in [1.807, 2.05) is 20.8 Å². The van der Waals surface area contributed by atoms with Gasteiger partial charge in [-0.1, -0.05) is 0 Å². The number of hydrogen-bond acceptors (Lipinski definition) is 4. The fourth-order valence-corrected chi connectivity index (χ4v) is 1.44. The Labute approximate surface area is 84.4 Å². The van der Waals surface area contributed by atoms with Crippen molar-refractivity contribution in [2.24, 2.45) is 11.5 Å². The van der Waals surface area contributed by atoms with Gasteiger partial charge in [0.05, 0.1) is 0 Å². The van der Waals surface area contributed by atoms with E-state index in [2.05, 4.69) is 0 Å². The van der Waals surface area contributed by atoms with Crippen LogP contribution in [0.5, 0.6) is 0 Å². The fourth-order valence-electron chi connectivity index (χ4n) is 1.44. The van der Waals surface area contributed by atoms with E-state index in [4.69, 9.17) is 16.2 Å². The highest BCUT2D eigenvalue weighted by Gasteiger charge is 2.39. The van der Waals surface area contributed by atoms with E-state index in [0.29, 0.717) is 13.0 Å². The van der Waals surface area contributed by atoms with Gasteiger partial charge in [-0.2, -0.15) is 0 Å². The molecule has 1 fully saturated rings. The molecular formula is C9H19N3O2. The van der Waals surface area contributed by atoms with Crippen LogP contribution in [0.1, 0.15) is 33.6 Å². The van der Waals surface area contributed by atoms with Gasteiger partial charge >= 0.3 is 6.09 Å².